The predicted octanol–water partition coefficient (Wildman–Crippen LogP) is 5.40. The molecular formula is C26H34BrN5O4. The molecule has 2 aliphatic heterocycles. The highest BCUT2D eigenvalue weighted by Gasteiger charge is 2.25. The van der Waals surface area contributed by atoms with E-state index in [1.165, 1.54) is 50.3 Å². The van der Waals surface area contributed by atoms with E-state index < -0.39 is 4.92 Å². The van der Waals surface area contributed by atoms with E-state index >= 15 is 0 Å². The van der Waals surface area contributed by atoms with Gasteiger partial charge in [0.25, 0.3) is 11.6 Å². The first-order valence-electron chi connectivity index (χ1n) is 12.7. The minimum Gasteiger partial charge on any atom is -0.494 e. The van der Waals surface area contributed by atoms with Crippen molar-refractivity contribution in [2.45, 2.75) is 44.9 Å². The van der Waals surface area contributed by atoms with Gasteiger partial charge in [0, 0.05) is 25.2 Å². The maximum atomic E-state index is 13.2. The van der Waals surface area contributed by atoms with Crippen LogP contribution in [0.15, 0.2) is 34.9 Å². The lowest BCUT2D eigenvalue weighted by atomic mass is 9.87. The normalized spacial score (nSPS) is 17.1. The number of anilines is 2. The number of aromatic nitrogens is 1. The van der Waals surface area contributed by atoms with E-state index in [9.17, 15) is 14.9 Å². The zero-order chi connectivity index (χ0) is 25.5. The van der Waals surface area contributed by atoms with Gasteiger partial charge in [0.2, 0.25) is 0 Å². The Kier molecular flexibility index (Phi) is 9.14. The first-order chi connectivity index (χ1) is 17.4. The van der Waals surface area contributed by atoms with Gasteiger partial charge in [0.05, 0.1) is 23.3 Å². The predicted molar refractivity (Wildman–Crippen MR) is 144 cm³/mol. The van der Waals surface area contributed by atoms with Crippen LogP contribution in [0.5, 0.6) is 5.75 Å². The molecule has 2 aliphatic rings. The van der Waals surface area contributed by atoms with E-state index in [2.05, 4.69) is 36.4 Å². The highest BCUT2D eigenvalue weighted by Crippen LogP contribution is 2.33. The summed E-state index contributed by atoms with van der Waals surface area (Å²) in [6, 6.07) is 7.79. The second-order valence-electron chi connectivity index (χ2n) is 9.66. The third kappa shape index (κ3) is 6.73. The van der Waals surface area contributed by atoms with Gasteiger partial charge in [-0.15, -0.1) is 0 Å². The summed E-state index contributed by atoms with van der Waals surface area (Å²) in [5.41, 5.74) is 0.983. The Hall–Kier alpha value is -2.72. The van der Waals surface area contributed by atoms with E-state index in [1.54, 1.807) is 19.2 Å². The van der Waals surface area contributed by atoms with Crippen LogP contribution in [-0.2, 0) is 0 Å². The van der Waals surface area contributed by atoms with Crippen molar-refractivity contribution in [3.63, 3.8) is 0 Å². The quantitative estimate of drug-likeness (QED) is 0.240. The van der Waals surface area contributed by atoms with Crippen LogP contribution in [0.2, 0.25) is 0 Å². The van der Waals surface area contributed by atoms with Gasteiger partial charge >= 0.3 is 0 Å². The summed E-state index contributed by atoms with van der Waals surface area (Å²) in [5, 5.41) is 17.7. The van der Waals surface area contributed by atoms with E-state index in [0.717, 1.165) is 44.9 Å². The molecule has 2 saturated heterocycles. The van der Waals surface area contributed by atoms with E-state index in [4.69, 9.17) is 4.74 Å². The summed E-state index contributed by atoms with van der Waals surface area (Å²) in [6.07, 6.45) is 8.46. The maximum absolute atomic E-state index is 13.2. The highest BCUT2D eigenvalue weighted by molar-refractivity contribution is 9.10. The van der Waals surface area contributed by atoms with Crippen molar-refractivity contribution in [2.24, 2.45) is 11.8 Å². The van der Waals surface area contributed by atoms with Crippen molar-refractivity contribution in [1.29, 1.82) is 0 Å². The van der Waals surface area contributed by atoms with Crippen molar-refractivity contribution in [3.05, 3.63) is 50.6 Å². The molecule has 1 amide bonds. The van der Waals surface area contributed by atoms with Gasteiger partial charge in [-0.2, -0.15) is 0 Å². The topological polar surface area (TPSA) is 110 Å². The fourth-order valence-electron chi connectivity index (χ4n) is 5.24. The van der Waals surface area contributed by atoms with Crippen molar-refractivity contribution >= 4 is 39.0 Å². The first-order valence-corrected chi connectivity index (χ1v) is 13.5. The van der Waals surface area contributed by atoms with Crippen LogP contribution in [0.25, 0.3) is 0 Å². The number of hydrogen-bond donors (Lipinski definition) is 2. The van der Waals surface area contributed by atoms with E-state index in [0.29, 0.717) is 33.3 Å². The van der Waals surface area contributed by atoms with Crippen molar-refractivity contribution in [2.75, 3.05) is 43.5 Å². The first kappa shape index (κ1) is 26.3. The number of ether oxygens (including phenoxy) is 1. The number of rotatable bonds is 9. The Bertz CT molecular complexity index is 1070. The molecule has 0 bridgehead atoms. The molecule has 4 rings (SSSR count). The second-order valence-corrected chi connectivity index (χ2v) is 10.4. The number of nitro groups is 1. The molecule has 2 N–H and O–H groups in total. The number of carbonyl (C=O) groups is 1. The summed E-state index contributed by atoms with van der Waals surface area (Å²) in [4.78, 5) is 30.6. The number of benzene rings is 1. The summed E-state index contributed by atoms with van der Waals surface area (Å²) in [5.74, 6) is 2.10. The molecule has 0 atom stereocenters. The monoisotopic (exact) mass is 559 g/mol. The van der Waals surface area contributed by atoms with Gasteiger partial charge in [-0.05, 0) is 84.7 Å². The Labute approximate surface area is 220 Å². The molecule has 10 heteroatoms. The van der Waals surface area contributed by atoms with Crippen LogP contribution >= 0.6 is 15.9 Å². The van der Waals surface area contributed by atoms with Gasteiger partial charge in [-0.25, -0.2) is 4.98 Å². The lowest BCUT2D eigenvalue weighted by Crippen LogP contribution is -2.35. The summed E-state index contributed by atoms with van der Waals surface area (Å²) in [6.45, 7) is 3.86. The third-order valence-electron chi connectivity index (χ3n) is 7.35. The molecule has 0 saturated carbocycles. The molecule has 3 heterocycles. The molecule has 9 nitrogen and oxygen atoms in total. The third-order valence-corrected chi connectivity index (χ3v) is 7.92. The zero-order valence-electron chi connectivity index (χ0n) is 20.7. The highest BCUT2D eigenvalue weighted by atomic mass is 79.9. The van der Waals surface area contributed by atoms with Gasteiger partial charge < -0.3 is 20.3 Å². The number of nitro benzene ring substituents is 1. The van der Waals surface area contributed by atoms with Crippen molar-refractivity contribution < 1.29 is 14.5 Å². The van der Waals surface area contributed by atoms with Crippen LogP contribution in [0.3, 0.4) is 0 Å². The van der Waals surface area contributed by atoms with Gasteiger partial charge in [0.1, 0.15) is 10.4 Å². The van der Waals surface area contributed by atoms with E-state index in [1.807, 2.05) is 0 Å². The molecule has 1 aromatic carbocycles. The number of halogens is 1. The van der Waals surface area contributed by atoms with Crippen molar-refractivity contribution in [1.82, 2.24) is 10.3 Å². The standard InChI is InChI=1S/C26H34BrN5O4/c1-36-23-7-8-24(29-25(23)27)30-26(33)21-6-5-20(32(34)35)17-22(21)31-15-11-19(12-16-31)4-2-3-18-9-13-28-14-10-18/h5-8,17-19,28H,2-4,9-16H2,1H3,(H,29,30,33). The minimum absolute atomic E-state index is 0.0176. The number of hydrogen-bond acceptors (Lipinski definition) is 7. The minimum atomic E-state index is -0.416. The lowest BCUT2D eigenvalue weighted by molar-refractivity contribution is -0.384. The van der Waals surface area contributed by atoms with Gasteiger partial charge in [0.15, 0.2) is 5.75 Å². The molecule has 0 radical (unpaired) electrons. The van der Waals surface area contributed by atoms with E-state index in [-0.39, 0.29) is 11.6 Å². The molecule has 1 aromatic heterocycles. The van der Waals surface area contributed by atoms with Crippen LogP contribution < -0.4 is 20.3 Å². The maximum Gasteiger partial charge on any atom is 0.271 e. The number of pyridine rings is 1. The molecule has 2 fully saturated rings. The second kappa shape index (κ2) is 12.5. The number of non-ortho nitro benzene ring substituents is 1. The summed E-state index contributed by atoms with van der Waals surface area (Å²) < 4.78 is 5.67. The van der Waals surface area contributed by atoms with Crippen LogP contribution in [0.1, 0.15) is 55.3 Å². The molecule has 0 aliphatic carbocycles. The number of methoxy groups -OCH3 is 1. The molecule has 0 spiro atoms. The molecule has 0 unspecified atom stereocenters. The van der Waals surface area contributed by atoms with Gasteiger partial charge in [-0.3, -0.25) is 14.9 Å². The fourth-order valence-corrected chi connectivity index (χ4v) is 5.73. The molecule has 2 aromatic rings. The van der Waals surface area contributed by atoms with Gasteiger partial charge in [-0.1, -0.05) is 19.3 Å². The number of nitrogens with zero attached hydrogens (tertiary/aromatic N) is 3. The SMILES string of the molecule is COc1ccc(NC(=O)c2ccc([N+](=O)[O-])cc2N2CCC(CCCC3CCNCC3)CC2)nc1Br. The Morgan fingerprint density at radius 2 is 1.86 bits per heavy atom. The number of nitrogens with one attached hydrogen (secondary N) is 2. The van der Waals surface area contributed by atoms with Crippen LogP contribution in [0, 0.1) is 22.0 Å². The molecule has 194 valence electrons. The Morgan fingerprint density at radius 1 is 1.17 bits per heavy atom. The number of amides is 1. The molecular weight excluding hydrogens is 526 g/mol. The molecule has 36 heavy (non-hydrogen) atoms. The van der Waals surface area contributed by atoms with Crippen LogP contribution in [-0.4, -0.2) is 49.1 Å². The zero-order valence-corrected chi connectivity index (χ0v) is 22.3. The van der Waals surface area contributed by atoms with Crippen molar-refractivity contribution in [3.8, 4) is 5.75 Å². The average molecular weight is 560 g/mol. The average Bonchev–Trinajstić information content (AvgIpc) is 2.89. The Balaban J connectivity index is 1.40. The number of carbonyl (C=O) groups excluding carboxylic acids is 1. The smallest absolute Gasteiger partial charge is 0.271 e. The summed E-state index contributed by atoms with van der Waals surface area (Å²) in [7, 11) is 1.54. The Morgan fingerprint density at radius 3 is 2.50 bits per heavy atom. The summed E-state index contributed by atoms with van der Waals surface area (Å²) >= 11 is 3.33. The van der Waals surface area contributed by atoms with Crippen LogP contribution in [0.4, 0.5) is 17.2 Å². The lowest BCUT2D eigenvalue weighted by Gasteiger charge is -2.34. The number of piperidine rings is 2. The fraction of sp³-hybridized carbons (Fsp3) is 0.538. The largest absolute Gasteiger partial charge is 0.494 e.